The quantitative estimate of drug-likeness (QED) is 0.611. The molecule has 2 rings (SSSR count). The van der Waals surface area contributed by atoms with Gasteiger partial charge in [-0.15, -0.1) is 0 Å². The minimum Gasteiger partial charge on any atom is -0.462 e. The number of methoxy groups -OCH3 is 1. The fraction of sp³-hybridized carbons (Fsp3) is 0.533. The summed E-state index contributed by atoms with van der Waals surface area (Å²) in [6.45, 7) is 3.54. The second-order valence-electron chi connectivity index (χ2n) is 4.91. The van der Waals surface area contributed by atoms with Crippen LogP contribution in [0.5, 0.6) is 0 Å². The lowest BCUT2D eigenvalue weighted by Gasteiger charge is -2.26. The molecule has 1 aliphatic carbocycles. The van der Waals surface area contributed by atoms with Crippen molar-refractivity contribution in [3.05, 3.63) is 23.8 Å². The predicted octanol–water partition coefficient (Wildman–Crippen LogP) is 2.06. The van der Waals surface area contributed by atoms with Gasteiger partial charge < -0.3 is 20.1 Å². The van der Waals surface area contributed by atoms with Gasteiger partial charge in [-0.1, -0.05) is 0 Å². The molecule has 1 fully saturated rings. The summed E-state index contributed by atoms with van der Waals surface area (Å²) in [5.41, 5.74) is 7.79. The molecular weight excluding hydrogens is 256 g/mol. The lowest BCUT2D eigenvalue weighted by molar-refractivity contribution is 0.0527. The lowest BCUT2D eigenvalue weighted by atomic mass is 10.1. The van der Waals surface area contributed by atoms with Gasteiger partial charge in [0.1, 0.15) is 0 Å². The van der Waals surface area contributed by atoms with E-state index in [1.807, 2.05) is 12.1 Å². The molecule has 2 N–H and O–H groups in total. The van der Waals surface area contributed by atoms with Crippen molar-refractivity contribution in [3.63, 3.8) is 0 Å². The third kappa shape index (κ3) is 3.42. The van der Waals surface area contributed by atoms with E-state index in [4.69, 9.17) is 15.2 Å². The second kappa shape index (κ2) is 6.61. The van der Waals surface area contributed by atoms with Crippen molar-refractivity contribution in [1.29, 1.82) is 0 Å². The first kappa shape index (κ1) is 14.7. The fourth-order valence-corrected chi connectivity index (χ4v) is 2.25. The number of ether oxygens (including phenoxy) is 2. The molecular formula is C15H22N2O3. The van der Waals surface area contributed by atoms with E-state index in [2.05, 4.69) is 4.90 Å². The maximum atomic E-state index is 12.1. The Bertz CT molecular complexity index is 472. The maximum Gasteiger partial charge on any atom is 0.340 e. The highest BCUT2D eigenvalue weighted by Gasteiger charge is 2.31. The molecule has 5 heteroatoms. The maximum absolute atomic E-state index is 12.1. The molecule has 0 radical (unpaired) electrons. The molecule has 1 aromatic rings. The molecule has 110 valence electrons. The minimum absolute atomic E-state index is 0.321. The Morgan fingerprint density at radius 1 is 1.45 bits per heavy atom. The van der Waals surface area contributed by atoms with E-state index in [1.165, 1.54) is 0 Å². The molecule has 0 amide bonds. The zero-order chi connectivity index (χ0) is 14.5. The third-order valence-electron chi connectivity index (χ3n) is 3.35. The Hall–Kier alpha value is -1.75. The van der Waals surface area contributed by atoms with Crippen LogP contribution in [0.3, 0.4) is 0 Å². The van der Waals surface area contributed by atoms with Crippen LogP contribution >= 0.6 is 0 Å². The van der Waals surface area contributed by atoms with Gasteiger partial charge in [0.2, 0.25) is 0 Å². The summed E-state index contributed by atoms with van der Waals surface area (Å²) in [6.07, 6.45) is 2.30. The van der Waals surface area contributed by atoms with Crippen LogP contribution in [0.1, 0.15) is 30.1 Å². The lowest BCUT2D eigenvalue weighted by Crippen LogP contribution is -2.31. The van der Waals surface area contributed by atoms with Crippen LogP contribution in [-0.2, 0) is 9.47 Å². The third-order valence-corrected chi connectivity index (χ3v) is 3.35. The van der Waals surface area contributed by atoms with E-state index in [-0.39, 0.29) is 5.97 Å². The van der Waals surface area contributed by atoms with E-state index in [0.29, 0.717) is 30.5 Å². The highest BCUT2D eigenvalue weighted by molar-refractivity contribution is 5.97. The van der Waals surface area contributed by atoms with Crippen molar-refractivity contribution >= 4 is 17.3 Å². The number of hydrogen-bond acceptors (Lipinski definition) is 5. The van der Waals surface area contributed by atoms with Crippen LogP contribution in [-0.4, -0.2) is 38.9 Å². The number of nitrogens with two attached hydrogens (primary N) is 1. The Labute approximate surface area is 119 Å². The van der Waals surface area contributed by atoms with Crippen LogP contribution in [0.25, 0.3) is 0 Å². The van der Waals surface area contributed by atoms with Crippen molar-refractivity contribution < 1.29 is 14.3 Å². The Balaban J connectivity index is 2.29. The van der Waals surface area contributed by atoms with Gasteiger partial charge in [0.15, 0.2) is 0 Å². The molecule has 0 aromatic heterocycles. The van der Waals surface area contributed by atoms with Crippen LogP contribution in [0, 0.1) is 0 Å². The first-order valence-corrected chi connectivity index (χ1v) is 6.99. The molecule has 1 aliphatic rings. The number of rotatable bonds is 7. The highest BCUT2D eigenvalue weighted by atomic mass is 16.5. The monoisotopic (exact) mass is 278 g/mol. The van der Waals surface area contributed by atoms with E-state index in [1.54, 1.807) is 20.1 Å². The molecule has 0 saturated heterocycles. The van der Waals surface area contributed by atoms with Gasteiger partial charge in [-0.25, -0.2) is 4.79 Å². The van der Waals surface area contributed by atoms with Crippen molar-refractivity contribution in [2.75, 3.05) is 37.5 Å². The first-order chi connectivity index (χ1) is 9.67. The second-order valence-corrected chi connectivity index (χ2v) is 4.91. The van der Waals surface area contributed by atoms with Crippen LogP contribution in [0.4, 0.5) is 11.4 Å². The molecule has 5 nitrogen and oxygen atoms in total. The Morgan fingerprint density at radius 3 is 2.80 bits per heavy atom. The van der Waals surface area contributed by atoms with Crippen molar-refractivity contribution in [1.82, 2.24) is 0 Å². The Kier molecular flexibility index (Phi) is 4.84. The van der Waals surface area contributed by atoms with Gasteiger partial charge in [-0.3, -0.25) is 0 Å². The fourth-order valence-electron chi connectivity index (χ4n) is 2.25. The van der Waals surface area contributed by atoms with E-state index < -0.39 is 0 Å². The first-order valence-electron chi connectivity index (χ1n) is 6.99. The number of anilines is 2. The van der Waals surface area contributed by atoms with Crippen molar-refractivity contribution in [3.8, 4) is 0 Å². The number of nitrogen functional groups attached to an aromatic ring is 1. The van der Waals surface area contributed by atoms with Crippen molar-refractivity contribution in [2.24, 2.45) is 0 Å². The van der Waals surface area contributed by atoms with Gasteiger partial charge >= 0.3 is 5.97 Å². The number of carbonyl (C=O) groups excluding carboxylic acids is 1. The number of esters is 1. The van der Waals surface area contributed by atoms with Crippen LogP contribution in [0.2, 0.25) is 0 Å². The topological polar surface area (TPSA) is 64.8 Å². The summed E-state index contributed by atoms with van der Waals surface area (Å²) in [4.78, 5) is 14.3. The highest BCUT2D eigenvalue weighted by Crippen LogP contribution is 2.34. The number of hydrogen-bond donors (Lipinski definition) is 1. The SMILES string of the molecule is CCOC(=O)c1cc(N)ccc1N(CCOC)C1CC1. The summed E-state index contributed by atoms with van der Waals surface area (Å²) >= 11 is 0. The van der Waals surface area contributed by atoms with Gasteiger partial charge in [0.05, 0.1) is 24.5 Å². The number of nitrogens with zero attached hydrogens (tertiary/aromatic N) is 1. The smallest absolute Gasteiger partial charge is 0.340 e. The van der Waals surface area contributed by atoms with Crippen molar-refractivity contribution in [2.45, 2.75) is 25.8 Å². The normalized spacial score (nSPS) is 14.1. The zero-order valence-corrected chi connectivity index (χ0v) is 12.1. The van der Waals surface area contributed by atoms with Gasteiger partial charge in [-0.2, -0.15) is 0 Å². The van der Waals surface area contributed by atoms with E-state index in [0.717, 1.165) is 25.1 Å². The number of carbonyl (C=O) groups is 1. The summed E-state index contributed by atoms with van der Waals surface area (Å²) in [5, 5.41) is 0. The summed E-state index contributed by atoms with van der Waals surface area (Å²) in [5.74, 6) is -0.321. The van der Waals surface area contributed by atoms with Crippen LogP contribution < -0.4 is 10.6 Å². The van der Waals surface area contributed by atoms with E-state index in [9.17, 15) is 4.79 Å². The van der Waals surface area contributed by atoms with Gasteiger partial charge in [0.25, 0.3) is 0 Å². The van der Waals surface area contributed by atoms with Gasteiger partial charge in [-0.05, 0) is 38.0 Å². The molecule has 0 bridgehead atoms. The molecule has 0 heterocycles. The predicted molar refractivity (Wildman–Crippen MR) is 79.1 cm³/mol. The molecule has 0 aliphatic heterocycles. The minimum atomic E-state index is -0.321. The van der Waals surface area contributed by atoms with E-state index >= 15 is 0 Å². The largest absolute Gasteiger partial charge is 0.462 e. The molecule has 0 unspecified atom stereocenters. The standard InChI is InChI=1S/C15H22N2O3/c1-3-20-15(18)13-10-11(16)4-7-14(13)17(8-9-19-2)12-5-6-12/h4,7,10,12H,3,5-6,8-9,16H2,1-2H3. The zero-order valence-electron chi connectivity index (χ0n) is 12.1. The summed E-state index contributed by atoms with van der Waals surface area (Å²) < 4.78 is 10.3. The van der Waals surface area contributed by atoms with Gasteiger partial charge in [0, 0.05) is 25.4 Å². The number of benzene rings is 1. The van der Waals surface area contributed by atoms with Crippen LogP contribution in [0.15, 0.2) is 18.2 Å². The summed E-state index contributed by atoms with van der Waals surface area (Å²) in [6, 6.07) is 5.90. The molecule has 20 heavy (non-hydrogen) atoms. The Morgan fingerprint density at radius 2 is 2.20 bits per heavy atom. The molecule has 1 saturated carbocycles. The molecule has 0 spiro atoms. The average molecular weight is 278 g/mol. The molecule has 1 aromatic carbocycles. The molecule has 0 atom stereocenters. The summed E-state index contributed by atoms with van der Waals surface area (Å²) in [7, 11) is 1.68. The average Bonchev–Trinajstić information content (AvgIpc) is 3.25.